The number of carbonyl (C=O) groups excluding carboxylic acids is 1. The highest BCUT2D eigenvalue weighted by atomic mass is 16.5. The molecule has 5 nitrogen and oxygen atoms in total. The Kier molecular flexibility index (Phi) is 3.52. The third-order valence-corrected chi connectivity index (χ3v) is 2.51. The molecule has 0 spiro atoms. The monoisotopic (exact) mass is 249 g/mol. The van der Waals surface area contributed by atoms with Crippen LogP contribution in [0.15, 0.2) is 4.52 Å². The van der Waals surface area contributed by atoms with Gasteiger partial charge in [0.15, 0.2) is 0 Å². The molecule has 5 heteroatoms. The largest absolute Gasteiger partial charge is 0.361 e. The number of hydrogen-bond acceptors (Lipinski definition) is 4. The van der Waals surface area contributed by atoms with Gasteiger partial charge >= 0.3 is 0 Å². The summed E-state index contributed by atoms with van der Waals surface area (Å²) in [7, 11) is 0. The zero-order chi connectivity index (χ0) is 14.1. The predicted molar refractivity (Wildman–Crippen MR) is 67.1 cm³/mol. The molecule has 98 valence electrons. The normalized spacial score (nSPS) is 12.1. The molecule has 1 rings (SSSR count). The van der Waals surface area contributed by atoms with Crippen molar-refractivity contribution in [2.75, 3.05) is 0 Å². The van der Waals surface area contributed by atoms with Crippen LogP contribution < -0.4 is 5.32 Å². The maximum atomic E-state index is 12.2. The number of aryl methyl sites for hydroxylation is 1. The van der Waals surface area contributed by atoms with Gasteiger partial charge in [0.25, 0.3) is 5.91 Å². The SMILES string of the molecule is Cc1onc(C(C)(C)C)c1C(=O)NC(C)(C)C#N. The molecule has 1 amide bonds. The summed E-state index contributed by atoms with van der Waals surface area (Å²) < 4.78 is 5.10. The second-order valence-electron chi connectivity index (χ2n) is 5.90. The molecule has 1 N–H and O–H groups in total. The fourth-order valence-electron chi connectivity index (χ4n) is 1.53. The van der Waals surface area contributed by atoms with Crippen LogP contribution in [-0.4, -0.2) is 16.6 Å². The van der Waals surface area contributed by atoms with Crippen LogP contribution in [0, 0.1) is 18.3 Å². The van der Waals surface area contributed by atoms with Crippen LogP contribution in [0.5, 0.6) is 0 Å². The zero-order valence-electron chi connectivity index (χ0n) is 11.7. The van der Waals surface area contributed by atoms with Crippen molar-refractivity contribution in [2.45, 2.75) is 52.5 Å². The Morgan fingerprint density at radius 3 is 2.33 bits per heavy atom. The molecule has 0 saturated heterocycles. The van der Waals surface area contributed by atoms with E-state index in [4.69, 9.17) is 9.78 Å². The van der Waals surface area contributed by atoms with Crippen LogP contribution in [0.2, 0.25) is 0 Å². The van der Waals surface area contributed by atoms with Crippen LogP contribution in [0.25, 0.3) is 0 Å². The lowest BCUT2D eigenvalue weighted by molar-refractivity contribution is 0.0925. The van der Waals surface area contributed by atoms with Gasteiger partial charge in [-0.25, -0.2) is 0 Å². The van der Waals surface area contributed by atoms with E-state index in [0.717, 1.165) is 0 Å². The molecule has 0 bridgehead atoms. The highest BCUT2D eigenvalue weighted by molar-refractivity contribution is 5.97. The number of carbonyl (C=O) groups is 1. The van der Waals surface area contributed by atoms with Crippen molar-refractivity contribution in [1.29, 1.82) is 5.26 Å². The first-order valence-corrected chi connectivity index (χ1v) is 5.79. The number of nitriles is 1. The summed E-state index contributed by atoms with van der Waals surface area (Å²) in [5, 5.41) is 15.5. The highest BCUT2D eigenvalue weighted by Crippen LogP contribution is 2.27. The lowest BCUT2D eigenvalue weighted by atomic mass is 9.88. The molecular weight excluding hydrogens is 230 g/mol. The van der Waals surface area contributed by atoms with E-state index < -0.39 is 5.54 Å². The molecule has 0 aliphatic carbocycles. The van der Waals surface area contributed by atoms with E-state index in [-0.39, 0.29) is 11.3 Å². The Labute approximate surface area is 107 Å². The Morgan fingerprint density at radius 1 is 1.33 bits per heavy atom. The van der Waals surface area contributed by atoms with Gasteiger partial charge in [0.2, 0.25) is 0 Å². The lowest BCUT2D eigenvalue weighted by Crippen LogP contribution is -2.42. The van der Waals surface area contributed by atoms with Crippen molar-refractivity contribution in [3.8, 4) is 6.07 Å². The van der Waals surface area contributed by atoms with Gasteiger partial charge in [-0.05, 0) is 20.8 Å². The average Bonchev–Trinajstić information content (AvgIpc) is 2.59. The van der Waals surface area contributed by atoms with Gasteiger partial charge in [-0.3, -0.25) is 4.79 Å². The minimum atomic E-state index is -0.921. The van der Waals surface area contributed by atoms with Gasteiger partial charge in [-0.1, -0.05) is 25.9 Å². The molecule has 1 aromatic rings. The number of rotatable bonds is 2. The molecule has 1 heterocycles. The number of nitrogens with one attached hydrogen (secondary N) is 1. The van der Waals surface area contributed by atoms with E-state index in [1.54, 1.807) is 20.8 Å². The number of nitrogens with zero attached hydrogens (tertiary/aromatic N) is 2. The van der Waals surface area contributed by atoms with Gasteiger partial charge in [-0.15, -0.1) is 0 Å². The fraction of sp³-hybridized carbons (Fsp3) is 0.615. The lowest BCUT2D eigenvalue weighted by Gasteiger charge is -2.20. The van der Waals surface area contributed by atoms with E-state index in [9.17, 15) is 4.79 Å². The summed E-state index contributed by atoms with van der Waals surface area (Å²) in [6.45, 7) is 10.8. The van der Waals surface area contributed by atoms with Crippen molar-refractivity contribution >= 4 is 5.91 Å². The van der Waals surface area contributed by atoms with Crippen LogP contribution in [-0.2, 0) is 5.41 Å². The van der Waals surface area contributed by atoms with Crippen molar-refractivity contribution in [1.82, 2.24) is 10.5 Å². The molecule has 0 aliphatic heterocycles. The summed E-state index contributed by atoms with van der Waals surface area (Å²) in [6, 6.07) is 2.03. The first-order valence-electron chi connectivity index (χ1n) is 5.79. The fourth-order valence-corrected chi connectivity index (χ4v) is 1.53. The molecule has 0 fully saturated rings. The van der Waals surface area contributed by atoms with Gasteiger partial charge < -0.3 is 9.84 Å². The molecule has 1 aromatic heterocycles. The summed E-state index contributed by atoms with van der Waals surface area (Å²) >= 11 is 0. The summed E-state index contributed by atoms with van der Waals surface area (Å²) in [5.41, 5.74) is -0.186. The topological polar surface area (TPSA) is 78.9 Å². The second kappa shape index (κ2) is 4.45. The number of hydrogen-bond donors (Lipinski definition) is 1. The van der Waals surface area contributed by atoms with E-state index in [2.05, 4.69) is 10.5 Å². The molecule has 0 atom stereocenters. The quantitative estimate of drug-likeness (QED) is 0.872. The molecule has 0 aliphatic rings. The third-order valence-electron chi connectivity index (χ3n) is 2.51. The molecule has 0 saturated carbocycles. The number of amides is 1. The maximum Gasteiger partial charge on any atom is 0.258 e. The molecule has 0 radical (unpaired) electrons. The van der Waals surface area contributed by atoms with Gasteiger partial charge in [0, 0.05) is 5.41 Å². The average molecular weight is 249 g/mol. The first kappa shape index (κ1) is 14.2. The summed E-state index contributed by atoms with van der Waals surface area (Å²) in [6.07, 6.45) is 0. The minimum Gasteiger partial charge on any atom is -0.361 e. The van der Waals surface area contributed by atoms with Gasteiger partial charge in [0.1, 0.15) is 22.6 Å². The smallest absolute Gasteiger partial charge is 0.258 e. The van der Waals surface area contributed by atoms with Crippen molar-refractivity contribution in [2.24, 2.45) is 0 Å². The van der Waals surface area contributed by atoms with Crippen molar-refractivity contribution in [3.63, 3.8) is 0 Å². The predicted octanol–water partition coefficient (Wildman–Crippen LogP) is 2.31. The Morgan fingerprint density at radius 2 is 1.89 bits per heavy atom. The zero-order valence-corrected chi connectivity index (χ0v) is 11.7. The van der Waals surface area contributed by atoms with E-state index in [1.807, 2.05) is 26.8 Å². The Balaban J connectivity index is 3.15. The Bertz CT molecular complexity index is 501. The third kappa shape index (κ3) is 2.89. The maximum absolute atomic E-state index is 12.2. The van der Waals surface area contributed by atoms with Crippen molar-refractivity contribution < 1.29 is 9.32 Å². The first-order chi connectivity index (χ1) is 8.08. The second-order valence-corrected chi connectivity index (χ2v) is 5.90. The summed E-state index contributed by atoms with van der Waals surface area (Å²) in [5.74, 6) is 0.136. The van der Waals surface area contributed by atoms with Crippen molar-refractivity contribution in [3.05, 3.63) is 17.0 Å². The van der Waals surface area contributed by atoms with Crippen LogP contribution in [0.3, 0.4) is 0 Å². The highest BCUT2D eigenvalue weighted by Gasteiger charge is 2.31. The van der Waals surface area contributed by atoms with Crippen LogP contribution in [0.4, 0.5) is 0 Å². The van der Waals surface area contributed by atoms with Crippen LogP contribution in [0.1, 0.15) is 56.4 Å². The molecule has 0 unspecified atom stereocenters. The Hall–Kier alpha value is -1.83. The molecule has 18 heavy (non-hydrogen) atoms. The standard InChI is InChI=1S/C13H19N3O2/c1-8-9(10(16-18-8)12(2,3)4)11(17)15-13(5,6)7-14/h1-6H3,(H,15,17). The minimum absolute atomic E-state index is 0.290. The van der Waals surface area contributed by atoms with Gasteiger partial charge in [0.05, 0.1) is 6.07 Å². The van der Waals surface area contributed by atoms with E-state index >= 15 is 0 Å². The molecule has 0 aromatic carbocycles. The van der Waals surface area contributed by atoms with E-state index in [0.29, 0.717) is 17.0 Å². The van der Waals surface area contributed by atoms with Gasteiger partial charge in [-0.2, -0.15) is 5.26 Å². The van der Waals surface area contributed by atoms with E-state index in [1.165, 1.54) is 0 Å². The number of aromatic nitrogens is 1. The van der Waals surface area contributed by atoms with Crippen LogP contribution >= 0.6 is 0 Å². The molecular formula is C13H19N3O2. The summed E-state index contributed by atoms with van der Waals surface area (Å²) in [4.78, 5) is 12.2.